The molecule has 3 aromatic heterocycles. The molecule has 19 heteroatoms. The molecule has 2 saturated heterocycles. The Hall–Kier alpha value is -5.65. The lowest BCUT2D eigenvalue weighted by Crippen LogP contribution is -2.53. The molecule has 4 amide bonds. The van der Waals surface area contributed by atoms with Crippen molar-refractivity contribution in [1.82, 2.24) is 39.0 Å². The molecule has 0 saturated carbocycles. The van der Waals surface area contributed by atoms with Crippen molar-refractivity contribution >= 4 is 41.1 Å². The van der Waals surface area contributed by atoms with Crippen LogP contribution in [0.5, 0.6) is 5.88 Å². The summed E-state index contributed by atoms with van der Waals surface area (Å²) in [5.74, 6) is -1.20. The molecule has 0 bridgehead atoms. The fourth-order valence-electron chi connectivity index (χ4n) is 6.55. The van der Waals surface area contributed by atoms with Crippen molar-refractivity contribution in [2.24, 2.45) is 13.0 Å². The molecule has 0 radical (unpaired) electrons. The quantitative estimate of drug-likeness (QED) is 0.254. The van der Waals surface area contributed by atoms with Crippen LogP contribution in [0.1, 0.15) is 60.3 Å². The lowest BCUT2D eigenvalue weighted by Gasteiger charge is -2.38. The van der Waals surface area contributed by atoms with Crippen molar-refractivity contribution in [2.45, 2.75) is 45.4 Å². The number of amides is 4. The summed E-state index contributed by atoms with van der Waals surface area (Å²) < 4.78 is 55.0. The topological polar surface area (TPSA) is 157 Å². The number of aromatic nitrogens is 5. The second-order valence-corrected chi connectivity index (χ2v) is 14.8. The van der Waals surface area contributed by atoms with Crippen LogP contribution in [0, 0.1) is 5.92 Å². The van der Waals surface area contributed by atoms with Crippen LogP contribution in [-0.2, 0) is 22.8 Å². The molecule has 15 nitrogen and oxygen atoms in total. The molecule has 1 aromatic carbocycles. The Bertz CT molecular complexity index is 2110. The fraction of sp³-hybridized carbons (Fsp3) is 0.432. The second-order valence-electron chi connectivity index (χ2n) is 14.4. The van der Waals surface area contributed by atoms with Crippen LogP contribution < -0.4 is 10.1 Å². The number of rotatable bonds is 7. The van der Waals surface area contributed by atoms with E-state index in [-0.39, 0.29) is 68.7 Å². The number of hydrogen-bond acceptors (Lipinski definition) is 9. The minimum absolute atomic E-state index is 0.000808. The molecular formula is C37H41ClF3N9O6. The van der Waals surface area contributed by atoms with Crippen molar-refractivity contribution in [3.63, 3.8) is 0 Å². The molecule has 5 heterocycles. The Morgan fingerprint density at radius 3 is 2.16 bits per heavy atom. The third kappa shape index (κ3) is 8.74. The predicted octanol–water partition coefficient (Wildman–Crippen LogP) is 5.53. The Balaban J connectivity index is 1.06. The average Bonchev–Trinajstić information content (AvgIpc) is 3.78. The van der Waals surface area contributed by atoms with Crippen molar-refractivity contribution in [2.75, 3.05) is 51.7 Å². The van der Waals surface area contributed by atoms with Crippen molar-refractivity contribution in [3.05, 3.63) is 71.0 Å². The monoisotopic (exact) mass is 799 g/mol. The summed E-state index contributed by atoms with van der Waals surface area (Å²) in [5.41, 5.74) is -1.42. The third-order valence-corrected chi connectivity index (χ3v) is 9.79. The van der Waals surface area contributed by atoms with Gasteiger partial charge in [-0.3, -0.25) is 14.4 Å². The SMILES string of the molecule is COc1ccc(-n2cc(-c3cnc(C(=O)Nc4ccc(C(=O)N5CCN(C(=O)C6CCN(C(=O)OC(C)(C)C)CC6)CC5)c(Cl)c4)n3C)c(C(F)(F)F)n2)cn1. The van der Waals surface area contributed by atoms with E-state index < -0.39 is 23.4 Å². The van der Waals surface area contributed by atoms with Crippen molar-refractivity contribution in [1.29, 1.82) is 0 Å². The van der Waals surface area contributed by atoms with Gasteiger partial charge in [0.05, 0.1) is 47.0 Å². The Labute approximate surface area is 325 Å². The van der Waals surface area contributed by atoms with Crippen LogP contribution in [-0.4, -0.2) is 115 Å². The largest absolute Gasteiger partial charge is 0.481 e. The highest BCUT2D eigenvalue weighted by molar-refractivity contribution is 6.34. The second kappa shape index (κ2) is 15.8. The number of carbonyl (C=O) groups is 4. The molecule has 2 fully saturated rings. The first-order valence-corrected chi connectivity index (χ1v) is 18.2. The fourth-order valence-corrected chi connectivity index (χ4v) is 6.81. The highest BCUT2D eigenvalue weighted by Crippen LogP contribution is 2.37. The molecule has 2 aliphatic rings. The van der Waals surface area contributed by atoms with Crippen LogP contribution in [0.4, 0.5) is 23.7 Å². The van der Waals surface area contributed by atoms with E-state index in [1.165, 1.54) is 61.5 Å². The summed E-state index contributed by atoms with van der Waals surface area (Å²) in [5, 5.41) is 6.46. The number of anilines is 1. The van der Waals surface area contributed by atoms with E-state index in [0.29, 0.717) is 52.1 Å². The lowest BCUT2D eigenvalue weighted by atomic mass is 9.95. The molecule has 4 aromatic rings. The number of likely N-dealkylation sites (tertiary alicyclic amines) is 1. The number of hydrogen-bond donors (Lipinski definition) is 1. The van der Waals surface area contributed by atoms with Crippen LogP contribution in [0.25, 0.3) is 16.9 Å². The van der Waals surface area contributed by atoms with Gasteiger partial charge in [-0.25, -0.2) is 19.4 Å². The third-order valence-electron chi connectivity index (χ3n) is 9.48. The van der Waals surface area contributed by atoms with Gasteiger partial charge in [-0.15, -0.1) is 0 Å². The van der Waals surface area contributed by atoms with Gasteiger partial charge in [0.25, 0.3) is 11.8 Å². The number of methoxy groups -OCH3 is 1. The molecule has 0 spiro atoms. The summed E-state index contributed by atoms with van der Waals surface area (Å²) >= 11 is 6.52. The van der Waals surface area contributed by atoms with Gasteiger partial charge < -0.3 is 34.1 Å². The minimum atomic E-state index is -4.82. The van der Waals surface area contributed by atoms with Gasteiger partial charge in [-0.2, -0.15) is 18.3 Å². The number of alkyl halides is 3. The molecule has 6 rings (SSSR count). The van der Waals surface area contributed by atoms with Crippen molar-refractivity contribution in [3.8, 4) is 22.8 Å². The van der Waals surface area contributed by atoms with Gasteiger partial charge in [0.1, 0.15) is 5.60 Å². The van der Waals surface area contributed by atoms with E-state index >= 15 is 0 Å². The van der Waals surface area contributed by atoms with E-state index in [9.17, 15) is 32.3 Å². The molecule has 2 aliphatic heterocycles. The summed E-state index contributed by atoms with van der Waals surface area (Å²) in [7, 11) is 2.82. The van der Waals surface area contributed by atoms with E-state index in [1.54, 1.807) is 14.7 Å². The van der Waals surface area contributed by atoms with Crippen LogP contribution in [0.15, 0.2) is 48.9 Å². The Kier molecular flexibility index (Phi) is 11.3. The highest BCUT2D eigenvalue weighted by Gasteiger charge is 2.39. The maximum atomic E-state index is 14.1. The first kappa shape index (κ1) is 40.0. The smallest absolute Gasteiger partial charge is 0.435 e. The van der Waals surface area contributed by atoms with E-state index in [0.717, 1.165) is 10.9 Å². The summed E-state index contributed by atoms with van der Waals surface area (Å²) in [6.07, 6.45) is -0.503. The standard InChI is InChI=1S/C37H41ClF3N9O6/c1-36(2,3)56-35(54)49-12-10-22(11-13-49)33(52)47-14-16-48(17-15-47)34(53)25-8-6-23(18-27(25)38)44-32(51)31-43-20-28(46(31)4)26-21-50(45-30(26)37(39,40)41)24-7-9-29(55-5)42-19-24/h6-9,18-22H,10-17H2,1-5H3,(H,44,51). The van der Waals surface area contributed by atoms with E-state index in [2.05, 4.69) is 20.4 Å². The number of pyridine rings is 1. The van der Waals surface area contributed by atoms with Gasteiger partial charge in [0.2, 0.25) is 11.8 Å². The number of piperazine rings is 1. The number of halogens is 4. The summed E-state index contributed by atoms with van der Waals surface area (Å²) in [6.45, 7) is 7.57. The van der Waals surface area contributed by atoms with Crippen molar-refractivity contribution < 1.29 is 41.8 Å². The molecule has 56 heavy (non-hydrogen) atoms. The van der Waals surface area contributed by atoms with Gasteiger partial charge in [0, 0.05) is 70.2 Å². The molecule has 0 aliphatic carbocycles. The first-order valence-electron chi connectivity index (χ1n) is 17.8. The number of piperidine rings is 1. The summed E-state index contributed by atoms with van der Waals surface area (Å²) in [6, 6.07) is 7.34. The van der Waals surface area contributed by atoms with Gasteiger partial charge in [0.15, 0.2) is 11.5 Å². The number of imidazole rings is 1. The number of carbonyl (C=O) groups excluding carboxylic acids is 4. The number of nitrogens with one attached hydrogen (secondary N) is 1. The van der Waals surface area contributed by atoms with E-state index in [4.69, 9.17) is 21.1 Å². The zero-order valence-electron chi connectivity index (χ0n) is 31.4. The number of benzene rings is 1. The molecular weight excluding hydrogens is 759 g/mol. The molecule has 298 valence electrons. The highest BCUT2D eigenvalue weighted by atomic mass is 35.5. The van der Waals surface area contributed by atoms with Gasteiger partial charge in [-0.05, 0) is 57.9 Å². The van der Waals surface area contributed by atoms with Gasteiger partial charge >= 0.3 is 12.3 Å². The Morgan fingerprint density at radius 1 is 0.893 bits per heavy atom. The van der Waals surface area contributed by atoms with Crippen LogP contribution in [0.2, 0.25) is 5.02 Å². The van der Waals surface area contributed by atoms with E-state index in [1.807, 2.05) is 20.8 Å². The maximum Gasteiger partial charge on any atom is 0.435 e. The zero-order valence-corrected chi connectivity index (χ0v) is 32.1. The van der Waals surface area contributed by atoms with Gasteiger partial charge in [-0.1, -0.05) is 11.6 Å². The number of nitrogens with zero attached hydrogens (tertiary/aromatic N) is 8. The zero-order chi connectivity index (χ0) is 40.5. The molecule has 1 N–H and O–H groups in total. The van der Waals surface area contributed by atoms with Crippen LogP contribution >= 0.6 is 11.6 Å². The first-order chi connectivity index (χ1) is 26.4. The predicted molar refractivity (Wildman–Crippen MR) is 198 cm³/mol. The number of ether oxygens (including phenoxy) is 2. The van der Waals surface area contributed by atoms with Crippen LogP contribution in [0.3, 0.4) is 0 Å². The molecule has 0 atom stereocenters. The normalized spacial score (nSPS) is 15.5. The Morgan fingerprint density at radius 2 is 1.57 bits per heavy atom. The average molecular weight is 800 g/mol. The summed E-state index contributed by atoms with van der Waals surface area (Å²) in [4.78, 5) is 65.5. The maximum absolute atomic E-state index is 14.1. The minimum Gasteiger partial charge on any atom is -0.481 e. The molecule has 0 unspecified atom stereocenters. The lowest BCUT2D eigenvalue weighted by molar-refractivity contribution is -0.141.